The first kappa shape index (κ1) is 23.8. The van der Waals surface area contributed by atoms with Gasteiger partial charge in [0.1, 0.15) is 23.6 Å². The number of fused-ring (bicyclic) bond motifs is 10. The van der Waals surface area contributed by atoms with E-state index in [0.717, 1.165) is 43.2 Å². The van der Waals surface area contributed by atoms with E-state index in [0.29, 0.717) is 17.9 Å². The largest absolute Gasteiger partial charge is 0.467 e. The van der Waals surface area contributed by atoms with Crippen LogP contribution in [0.1, 0.15) is 49.7 Å². The van der Waals surface area contributed by atoms with Crippen molar-refractivity contribution in [1.29, 1.82) is 0 Å². The van der Waals surface area contributed by atoms with Crippen LogP contribution in [0.5, 0.6) is 11.5 Å². The van der Waals surface area contributed by atoms with Gasteiger partial charge in [-0.05, 0) is 60.6 Å². The van der Waals surface area contributed by atoms with Crippen molar-refractivity contribution in [2.75, 3.05) is 7.11 Å². The molecule has 0 aromatic heterocycles. The van der Waals surface area contributed by atoms with Crippen LogP contribution in [-0.2, 0) is 32.0 Å². The van der Waals surface area contributed by atoms with Crippen LogP contribution in [0.25, 0.3) is 0 Å². The van der Waals surface area contributed by atoms with Gasteiger partial charge < -0.3 is 20.1 Å². The SMILES string of the molecule is COC(=O)C1Cc2cccc(c2)Oc2ccc(cc2)CCC(=O)NC(C2CCCCC2)C(=O)N1. The first-order chi connectivity index (χ1) is 16.5. The van der Waals surface area contributed by atoms with E-state index < -0.39 is 18.1 Å². The molecule has 2 amide bonds. The molecule has 1 aliphatic carbocycles. The number of nitrogens with one attached hydrogen (secondary N) is 2. The number of methoxy groups -OCH3 is 1. The minimum Gasteiger partial charge on any atom is -0.467 e. The van der Waals surface area contributed by atoms with E-state index in [1.807, 2.05) is 48.5 Å². The normalized spacial score (nSPS) is 22.1. The van der Waals surface area contributed by atoms with Crippen LogP contribution in [0.4, 0.5) is 0 Å². The second kappa shape index (κ2) is 11.2. The maximum atomic E-state index is 13.4. The number of ether oxygens (including phenoxy) is 2. The summed E-state index contributed by atoms with van der Waals surface area (Å²) in [5.41, 5.74) is 1.84. The molecule has 7 heteroatoms. The van der Waals surface area contributed by atoms with Crippen LogP contribution in [0.3, 0.4) is 0 Å². The lowest BCUT2D eigenvalue weighted by atomic mass is 9.83. The average Bonchev–Trinajstić information content (AvgIpc) is 2.86. The highest BCUT2D eigenvalue weighted by Crippen LogP contribution is 2.28. The van der Waals surface area contributed by atoms with E-state index in [1.165, 1.54) is 7.11 Å². The molecule has 2 heterocycles. The summed E-state index contributed by atoms with van der Waals surface area (Å²) in [6.07, 6.45) is 6.04. The second-order valence-electron chi connectivity index (χ2n) is 9.13. The summed E-state index contributed by atoms with van der Waals surface area (Å²) in [4.78, 5) is 38.8. The maximum Gasteiger partial charge on any atom is 0.328 e. The zero-order valence-electron chi connectivity index (χ0n) is 19.5. The summed E-state index contributed by atoms with van der Waals surface area (Å²) in [6.45, 7) is 0. The number of benzene rings is 2. The molecule has 4 bridgehead atoms. The molecule has 0 spiro atoms. The van der Waals surface area contributed by atoms with Crippen LogP contribution in [0.15, 0.2) is 48.5 Å². The van der Waals surface area contributed by atoms with Gasteiger partial charge in [-0.3, -0.25) is 9.59 Å². The molecule has 2 unspecified atom stereocenters. The van der Waals surface area contributed by atoms with E-state index in [9.17, 15) is 14.4 Å². The predicted molar refractivity (Wildman–Crippen MR) is 127 cm³/mol. The number of aryl methyl sites for hydroxylation is 1. The summed E-state index contributed by atoms with van der Waals surface area (Å²) in [5.74, 6) is 0.343. The molecule has 2 atom stereocenters. The molecule has 0 saturated heterocycles. The summed E-state index contributed by atoms with van der Waals surface area (Å²) in [6, 6.07) is 13.6. The second-order valence-corrected chi connectivity index (χ2v) is 9.13. The quantitative estimate of drug-likeness (QED) is 0.661. The lowest BCUT2D eigenvalue weighted by Gasteiger charge is -2.31. The Labute approximate surface area is 200 Å². The number of esters is 1. The van der Waals surface area contributed by atoms with Crippen molar-refractivity contribution in [2.24, 2.45) is 5.92 Å². The Kier molecular flexibility index (Phi) is 7.83. The summed E-state index contributed by atoms with van der Waals surface area (Å²) < 4.78 is 11.0. The Hall–Kier alpha value is -3.35. The fourth-order valence-corrected chi connectivity index (χ4v) is 4.80. The fourth-order valence-electron chi connectivity index (χ4n) is 4.80. The Morgan fingerprint density at radius 1 is 0.912 bits per heavy atom. The molecule has 3 aliphatic rings. The highest BCUT2D eigenvalue weighted by Gasteiger charge is 2.33. The van der Waals surface area contributed by atoms with Crippen molar-refractivity contribution < 1.29 is 23.9 Å². The molecule has 34 heavy (non-hydrogen) atoms. The van der Waals surface area contributed by atoms with Gasteiger partial charge in [-0.1, -0.05) is 43.5 Å². The van der Waals surface area contributed by atoms with E-state index in [1.54, 1.807) is 0 Å². The third-order valence-corrected chi connectivity index (χ3v) is 6.66. The van der Waals surface area contributed by atoms with Crippen molar-refractivity contribution in [3.63, 3.8) is 0 Å². The van der Waals surface area contributed by atoms with E-state index in [4.69, 9.17) is 9.47 Å². The lowest BCUT2D eigenvalue weighted by Crippen LogP contribution is -2.55. The lowest BCUT2D eigenvalue weighted by molar-refractivity contribution is -0.145. The number of amides is 2. The van der Waals surface area contributed by atoms with Gasteiger partial charge in [0.05, 0.1) is 7.11 Å². The number of carbonyl (C=O) groups excluding carboxylic acids is 3. The van der Waals surface area contributed by atoms with Crippen molar-refractivity contribution in [1.82, 2.24) is 10.6 Å². The van der Waals surface area contributed by atoms with Gasteiger partial charge in [0.15, 0.2) is 0 Å². The highest BCUT2D eigenvalue weighted by atomic mass is 16.5. The molecule has 1 saturated carbocycles. The van der Waals surface area contributed by atoms with E-state index in [-0.39, 0.29) is 30.6 Å². The molecule has 2 N–H and O–H groups in total. The minimum absolute atomic E-state index is 0.0501. The number of hydrogen-bond donors (Lipinski definition) is 2. The van der Waals surface area contributed by atoms with Crippen LogP contribution >= 0.6 is 0 Å². The van der Waals surface area contributed by atoms with Gasteiger partial charge in [-0.15, -0.1) is 0 Å². The Bertz CT molecular complexity index is 1010. The predicted octanol–water partition coefficient (Wildman–Crippen LogP) is 3.69. The molecule has 1 fully saturated rings. The molecule has 7 nitrogen and oxygen atoms in total. The maximum absolute atomic E-state index is 13.4. The summed E-state index contributed by atoms with van der Waals surface area (Å²) in [5, 5.41) is 5.84. The molecule has 180 valence electrons. The standard InChI is InChI=1S/C27H32N2O5/c1-33-27(32)23-17-19-6-5-9-22(16-19)34-21-13-10-18(11-14-21)12-15-24(30)29-25(26(31)28-23)20-7-3-2-4-8-20/h5-6,9-11,13-14,16,20,23,25H,2-4,7-8,12,15,17H2,1H3,(H,28,31)(H,29,30). The van der Waals surface area contributed by atoms with Crippen molar-refractivity contribution >= 4 is 17.8 Å². The fraction of sp³-hybridized carbons (Fsp3) is 0.444. The third kappa shape index (κ3) is 6.16. The van der Waals surface area contributed by atoms with Crippen molar-refractivity contribution in [3.8, 4) is 11.5 Å². The van der Waals surface area contributed by atoms with Crippen LogP contribution < -0.4 is 15.4 Å². The Balaban J connectivity index is 1.65. The number of carbonyl (C=O) groups is 3. The molecular weight excluding hydrogens is 432 g/mol. The summed E-state index contributed by atoms with van der Waals surface area (Å²) >= 11 is 0. The van der Waals surface area contributed by atoms with E-state index >= 15 is 0 Å². The van der Waals surface area contributed by atoms with Crippen LogP contribution in [-0.4, -0.2) is 37.0 Å². The first-order valence-corrected chi connectivity index (χ1v) is 12.0. The minimum atomic E-state index is -0.870. The number of rotatable bonds is 2. The monoisotopic (exact) mass is 464 g/mol. The molecule has 2 aromatic rings. The zero-order valence-corrected chi connectivity index (χ0v) is 19.5. The summed E-state index contributed by atoms with van der Waals surface area (Å²) in [7, 11) is 1.31. The number of hydrogen-bond acceptors (Lipinski definition) is 5. The van der Waals surface area contributed by atoms with Gasteiger partial charge >= 0.3 is 5.97 Å². The molecule has 5 rings (SSSR count). The molecular formula is C27H32N2O5. The van der Waals surface area contributed by atoms with Gasteiger partial charge in [0.25, 0.3) is 0 Å². The highest BCUT2D eigenvalue weighted by molar-refractivity contribution is 5.91. The smallest absolute Gasteiger partial charge is 0.328 e. The van der Waals surface area contributed by atoms with Gasteiger partial charge in [0, 0.05) is 12.8 Å². The van der Waals surface area contributed by atoms with Gasteiger partial charge in [-0.2, -0.15) is 0 Å². The zero-order chi connectivity index (χ0) is 23.9. The molecule has 2 aliphatic heterocycles. The van der Waals surface area contributed by atoms with E-state index in [2.05, 4.69) is 10.6 Å². The molecule has 0 radical (unpaired) electrons. The third-order valence-electron chi connectivity index (χ3n) is 6.66. The van der Waals surface area contributed by atoms with Crippen molar-refractivity contribution in [3.05, 3.63) is 59.7 Å². The van der Waals surface area contributed by atoms with Crippen LogP contribution in [0, 0.1) is 5.92 Å². The first-order valence-electron chi connectivity index (χ1n) is 12.0. The average molecular weight is 465 g/mol. The van der Waals surface area contributed by atoms with Crippen molar-refractivity contribution in [2.45, 2.75) is 63.5 Å². The van der Waals surface area contributed by atoms with Crippen LogP contribution in [0.2, 0.25) is 0 Å². The van der Waals surface area contributed by atoms with Gasteiger partial charge in [-0.25, -0.2) is 4.79 Å². The topological polar surface area (TPSA) is 93.7 Å². The Morgan fingerprint density at radius 3 is 2.41 bits per heavy atom. The molecule has 2 aromatic carbocycles. The van der Waals surface area contributed by atoms with Gasteiger partial charge in [0.2, 0.25) is 11.8 Å². The Morgan fingerprint density at radius 2 is 1.68 bits per heavy atom.